The molecule has 1 atom stereocenters. The molecule has 26 heavy (non-hydrogen) atoms. The summed E-state index contributed by atoms with van der Waals surface area (Å²) in [4.78, 5) is 36.3. The number of fused-ring (bicyclic) bond motifs is 1. The first kappa shape index (κ1) is 18.3. The Kier molecular flexibility index (Phi) is 5.49. The Hall–Kier alpha value is -2.51. The summed E-state index contributed by atoms with van der Waals surface area (Å²) in [6.07, 6.45) is -0.0614. The predicted molar refractivity (Wildman–Crippen MR) is 99.1 cm³/mol. The highest BCUT2D eigenvalue weighted by Gasteiger charge is 2.29. The van der Waals surface area contributed by atoms with Crippen molar-refractivity contribution in [2.75, 3.05) is 5.32 Å². The summed E-state index contributed by atoms with van der Waals surface area (Å²) in [7, 11) is 0. The van der Waals surface area contributed by atoms with Crippen molar-refractivity contribution >= 4 is 46.8 Å². The zero-order chi connectivity index (χ0) is 18.7. The largest absolute Gasteiger partial charge is 0.461 e. The molecule has 3 rings (SSSR count). The van der Waals surface area contributed by atoms with E-state index in [0.717, 1.165) is 4.90 Å². The summed E-state index contributed by atoms with van der Waals surface area (Å²) in [5, 5.41) is 2.70. The number of anilines is 1. The Labute approximate surface area is 159 Å². The molecule has 3 N–H and O–H groups in total. The van der Waals surface area contributed by atoms with Gasteiger partial charge in [-0.2, -0.15) is 0 Å². The molecule has 0 fully saturated rings. The van der Waals surface area contributed by atoms with E-state index in [1.165, 1.54) is 11.8 Å². The quantitative estimate of drug-likeness (QED) is 0.764. The number of carbonyl (C=O) groups excluding carboxylic acids is 3. The van der Waals surface area contributed by atoms with Crippen LogP contribution in [0.15, 0.2) is 47.4 Å². The van der Waals surface area contributed by atoms with Gasteiger partial charge in [0.05, 0.1) is 17.4 Å². The van der Waals surface area contributed by atoms with Crippen LogP contribution in [0.3, 0.4) is 0 Å². The van der Waals surface area contributed by atoms with E-state index >= 15 is 0 Å². The number of rotatable bonds is 5. The monoisotopic (exact) mass is 390 g/mol. The number of amides is 2. The highest BCUT2D eigenvalue weighted by molar-refractivity contribution is 8.01. The molecule has 1 unspecified atom stereocenters. The van der Waals surface area contributed by atoms with Gasteiger partial charge in [-0.3, -0.25) is 14.4 Å². The summed E-state index contributed by atoms with van der Waals surface area (Å²) < 4.78 is 5.22. The molecule has 1 aliphatic heterocycles. The van der Waals surface area contributed by atoms with Crippen LogP contribution >= 0.6 is 23.4 Å². The van der Waals surface area contributed by atoms with Crippen LogP contribution in [-0.4, -0.2) is 23.0 Å². The average Bonchev–Trinajstić information content (AvgIpc) is 2.61. The fraction of sp³-hybridized carbons (Fsp3) is 0.167. The molecule has 134 valence electrons. The van der Waals surface area contributed by atoms with Crippen molar-refractivity contribution in [3.63, 3.8) is 0 Å². The lowest BCUT2D eigenvalue weighted by Gasteiger charge is -2.23. The fourth-order valence-corrected chi connectivity index (χ4v) is 3.69. The van der Waals surface area contributed by atoms with E-state index < -0.39 is 17.1 Å². The number of primary amides is 1. The van der Waals surface area contributed by atoms with Gasteiger partial charge in [-0.1, -0.05) is 23.7 Å². The Bertz CT molecular complexity index is 887. The van der Waals surface area contributed by atoms with E-state index in [2.05, 4.69) is 5.32 Å². The van der Waals surface area contributed by atoms with Gasteiger partial charge in [0.2, 0.25) is 11.8 Å². The lowest BCUT2D eigenvalue weighted by molar-refractivity contribution is -0.145. The molecular formula is C18H15ClN2O4S. The Morgan fingerprint density at radius 3 is 2.81 bits per heavy atom. The van der Waals surface area contributed by atoms with E-state index in [9.17, 15) is 14.4 Å². The topological polar surface area (TPSA) is 98.5 Å². The number of hydrogen-bond acceptors (Lipinski definition) is 5. The van der Waals surface area contributed by atoms with E-state index in [1.54, 1.807) is 42.5 Å². The minimum absolute atomic E-state index is 0.00511. The van der Waals surface area contributed by atoms with Gasteiger partial charge in [0, 0.05) is 15.5 Å². The number of carbonyl (C=O) groups is 3. The van der Waals surface area contributed by atoms with Crippen molar-refractivity contribution in [2.24, 2.45) is 5.73 Å². The van der Waals surface area contributed by atoms with Crippen molar-refractivity contribution in [3.05, 3.63) is 58.6 Å². The zero-order valence-electron chi connectivity index (χ0n) is 13.5. The van der Waals surface area contributed by atoms with Crippen molar-refractivity contribution < 1.29 is 19.1 Å². The normalized spacial score (nSPS) is 15.7. The maximum atomic E-state index is 12.2. The third-order valence-electron chi connectivity index (χ3n) is 3.72. The summed E-state index contributed by atoms with van der Waals surface area (Å²) >= 11 is 7.21. The summed E-state index contributed by atoms with van der Waals surface area (Å²) in [6.45, 7) is 0.00511. The van der Waals surface area contributed by atoms with Crippen LogP contribution in [0.4, 0.5) is 5.69 Å². The van der Waals surface area contributed by atoms with Crippen LogP contribution in [-0.2, 0) is 20.9 Å². The van der Waals surface area contributed by atoms with Crippen LogP contribution in [0, 0.1) is 0 Å². The minimum atomic E-state index is -0.576. The van der Waals surface area contributed by atoms with Crippen molar-refractivity contribution in [2.45, 2.75) is 23.2 Å². The first-order valence-corrected chi connectivity index (χ1v) is 8.99. The van der Waals surface area contributed by atoms with Gasteiger partial charge in [0.15, 0.2) is 0 Å². The lowest BCUT2D eigenvalue weighted by Crippen LogP contribution is -2.31. The standard InChI is InChI=1S/C18H15ClN2O4S/c19-12-4-5-14-13(7-12)21-18(24)15(26-14)8-16(22)25-9-10-2-1-3-11(6-10)17(20)23/h1-7,15H,8-9H2,(H2,20,23)(H,21,24). The predicted octanol–water partition coefficient (Wildman–Crippen LogP) is 2.99. The molecule has 0 aromatic heterocycles. The molecule has 2 amide bonds. The highest BCUT2D eigenvalue weighted by atomic mass is 35.5. The third kappa shape index (κ3) is 4.36. The van der Waals surface area contributed by atoms with Crippen LogP contribution in [0.25, 0.3) is 0 Å². The van der Waals surface area contributed by atoms with Gasteiger partial charge in [-0.25, -0.2) is 0 Å². The molecule has 1 heterocycles. The highest BCUT2D eigenvalue weighted by Crippen LogP contribution is 2.38. The fourth-order valence-electron chi connectivity index (χ4n) is 2.45. The third-order valence-corrected chi connectivity index (χ3v) is 5.23. The van der Waals surface area contributed by atoms with Crippen molar-refractivity contribution in [3.8, 4) is 0 Å². The van der Waals surface area contributed by atoms with Gasteiger partial charge in [-0.05, 0) is 35.9 Å². The van der Waals surface area contributed by atoms with Gasteiger partial charge >= 0.3 is 5.97 Å². The van der Waals surface area contributed by atoms with Gasteiger partial charge in [0.1, 0.15) is 6.61 Å². The second-order valence-corrected chi connectivity index (χ2v) is 7.35. The number of thioether (sulfide) groups is 1. The lowest BCUT2D eigenvalue weighted by atomic mass is 10.1. The van der Waals surface area contributed by atoms with E-state index in [1.807, 2.05) is 0 Å². The Morgan fingerprint density at radius 2 is 2.04 bits per heavy atom. The first-order valence-electron chi connectivity index (χ1n) is 7.74. The second kappa shape index (κ2) is 7.80. The number of nitrogens with one attached hydrogen (secondary N) is 1. The minimum Gasteiger partial charge on any atom is -0.461 e. The average molecular weight is 391 g/mol. The number of nitrogens with two attached hydrogens (primary N) is 1. The maximum Gasteiger partial charge on any atom is 0.307 e. The molecule has 0 saturated carbocycles. The Morgan fingerprint density at radius 1 is 1.23 bits per heavy atom. The zero-order valence-corrected chi connectivity index (χ0v) is 15.1. The van der Waals surface area contributed by atoms with Gasteiger partial charge in [-0.15, -0.1) is 11.8 Å². The molecule has 8 heteroatoms. The first-order chi connectivity index (χ1) is 12.4. The second-order valence-electron chi connectivity index (χ2n) is 5.67. The molecule has 2 aromatic rings. The van der Waals surface area contributed by atoms with Crippen LogP contribution < -0.4 is 11.1 Å². The van der Waals surface area contributed by atoms with E-state index in [0.29, 0.717) is 21.8 Å². The van der Waals surface area contributed by atoms with Crippen LogP contribution in [0.1, 0.15) is 22.3 Å². The number of esters is 1. The molecule has 2 aromatic carbocycles. The van der Waals surface area contributed by atoms with Crippen LogP contribution in [0.5, 0.6) is 0 Å². The molecule has 0 saturated heterocycles. The molecule has 6 nitrogen and oxygen atoms in total. The summed E-state index contributed by atoms with van der Waals surface area (Å²) in [5.41, 5.74) is 6.86. The number of hydrogen-bond donors (Lipinski definition) is 2. The smallest absolute Gasteiger partial charge is 0.307 e. The molecule has 0 radical (unpaired) electrons. The number of halogens is 1. The summed E-state index contributed by atoms with van der Waals surface area (Å²) in [5.74, 6) is -1.32. The molecular weight excluding hydrogens is 376 g/mol. The van der Waals surface area contributed by atoms with Crippen molar-refractivity contribution in [1.82, 2.24) is 0 Å². The van der Waals surface area contributed by atoms with Crippen molar-refractivity contribution in [1.29, 1.82) is 0 Å². The molecule has 1 aliphatic rings. The van der Waals surface area contributed by atoms with E-state index in [-0.39, 0.29) is 18.9 Å². The van der Waals surface area contributed by atoms with Crippen LogP contribution in [0.2, 0.25) is 5.02 Å². The molecule has 0 spiro atoms. The van der Waals surface area contributed by atoms with Gasteiger partial charge in [0.25, 0.3) is 0 Å². The Balaban J connectivity index is 1.58. The van der Waals surface area contributed by atoms with Gasteiger partial charge < -0.3 is 15.8 Å². The van der Waals surface area contributed by atoms with E-state index in [4.69, 9.17) is 22.1 Å². The maximum absolute atomic E-state index is 12.2. The SMILES string of the molecule is NC(=O)c1cccc(COC(=O)CC2Sc3ccc(Cl)cc3NC2=O)c1. The summed E-state index contributed by atoms with van der Waals surface area (Å²) in [6, 6.07) is 11.7. The molecule has 0 aliphatic carbocycles. The number of benzene rings is 2. The number of ether oxygens (including phenoxy) is 1. The molecule has 0 bridgehead atoms.